The first-order valence-electron chi connectivity index (χ1n) is 6.41. The molecule has 13 heavy (non-hydrogen) atoms. The first kappa shape index (κ1) is 18.7. The highest BCUT2D eigenvalue weighted by Gasteiger charge is 1.95. The smallest absolute Gasteiger partial charge is 0.0533 e. The lowest BCUT2D eigenvalue weighted by Crippen LogP contribution is -1.85. The summed E-state index contributed by atoms with van der Waals surface area (Å²) in [5.74, 6) is 0. The molecule has 0 nitrogen and oxygen atoms in total. The Balaban J connectivity index is -0.000000124. The van der Waals surface area contributed by atoms with E-state index in [1.54, 1.807) is 0 Å². The van der Waals surface area contributed by atoms with Crippen LogP contribution in [0.15, 0.2) is 0 Å². The lowest BCUT2D eigenvalue weighted by molar-refractivity contribution is 0.504. The SMILES string of the molecule is C1CCCCC1.CC.CC.CCC. The van der Waals surface area contributed by atoms with Crippen molar-refractivity contribution in [3.05, 3.63) is 0 Å². The molecule has 1 saturated carbocycles. The molecule has 0 unspecified atom stereocenters. The van der Waals surface area contributed by atoms with Gasteiger partial charge in [0.2, 0.25) is 0 Å². The highest BCUT2D eigenvalue weighted by molar-refractivity contribution is 4.51. The molecule has 0 heterocycles. The Morgan fingerprint density at radius 2 is 0.615 bits per heavy atom. The first-order valence-corrected chi connectivity index (χ1v) is 6.41. The molecule has 1 aliphatic carbocycles. The van der Waals surface area contributed by atoms with Crippen molar-refractivity contribution >= 4 is 0 Å². The first-order chi connectivity index (χ1) is 6.41. The Hall–Kier alpha value is 0. The summed E-state index contributed by atoms with van der Waals surface area (Å²) in [6, 6.07) is 0. The molecule has 0 bridgehead atoms. The molecule has 0 radical (unpaired) electrons. The third kappa shape index (κ3) is 33.3. The second kappa shape index (κ2) is 29.6. The van der Waals surface area contributed by atoms with Crippen LogP contribution in [0.4, 0.5) is 0 Å². The van der Waals surface area contributed by atoms with E-state index in [9.17, 15) is 0 Å². The minimum atomic E-state index is 1.25. The van der Waals surface area contributed by atoms with E-state index in [1.807, 2.05) is 27.7 Å². The molecule has 1 fully saturated rings. The summed E-state index contributed by atoms with van der Waals surface area (Å²) in [5, 5.41) is 0. The number of rotatable bonds is 0. The van der Waals surface area contributed by atoms with Crippen LogP contribution in [0, 0.1) is 0 Å². The summed E-state index contributed by atoms with van der Waals surface area (Å²) >= 11 is 0. The summed E-state index contributed by atoms with van der Waals surface area (Å²) in [6.07, 6.45) is 10.2. The van der Waals surface area contributed by atoms with Crippen molar-refractivity contribution < 1.29 is 0 Å². The van der Waals surface area contributed by atoms with E-state index < -0.39 is 0 Å². The van der Waals surface area contributed by atoms with Crippen molar-refractivity contribution in [2.45, 2.75) is 86.5 Å². The Morgan fingerprint density at radius 3 is 0.692 bits per heavy atom. The van der Waals surface area contributed by atoms with Gasteiger partial charge < -0.3 is 0 Å². The quantitative estimate of drug-likeness (QED) is 0.450. The van der Waals surface area contributed by atoms with E-state index in [0.717, 1.165) is 0 Å². The third-order valence-corrected chi connectivity index (χ3v) is 1.50. The largest absolute Gasteiger partial charge is 0.0683 e. The fourth-order valence-corrected chi connectivity index (χ4v) is 1.06. The fourth-order valence-electron chi connectivity index (χ4n) is 1.06. The Labute approximate surface area is 87.1 Å². The molecule has 0 aliphatic heterocycles. The maximum absolute atomic E-state index is 2.12. The standard InChI is InChI=1S/C6H12.C3H8.2C2H6/c1-2-4-6-5-3-1;1-3-2;2*1-2/h1-6H2;3H2,1-2H3;2*1-2H3. The Bertz CT molecular complexity index is 23.8. The molecule has 0 spiro atoms. The molecule has 0 saturated heterocycles. The van der Waals surface area contributed by atoms with Gasteiger partial charge in [-0.1, -0.05) is 86.5 Å². The number of hydrogen-bond donors (Lipinski definition) is 0. The van der Waals surface area contributed by atoms with Gasteiger partial charge in [0.15, 0.2) is 0 Å². The van der Waals surface area contributed by atoms with Crippen LogP contribution in [-0.2, 0) is 0 Å². The van der Waals surface area contributed by atoms with Crippen LogP contribution in [0.25, 0.3) is 0 Å². The molecule has 0 aromatic rings. The molecule has 0 heteroatoms. The topological polar surface area (TPSA) is 0 Å². The van der Waals surface area contributed by atoms with Crippen molar-refractivity contribution in [1.82, 2.24) is 0 Å². The van der Waals surface area contributed by atoms with Gasteiger partial charge in [0.05, 0.1) is 0 Å². The molecular formula is C13H32. The second-order valence-electron chi connectivity index (χ2n) is 2.83. The maximum atomic E-state index is 2.12. The molecule has 1 aliphatic rings. The van der Waals surface area contributed by atoms with Gasteiger partial charge in [-0.05, 0) is 0 Å². The lowest BCUT2D eigenvalue weighted by Gasteiger charge is -2.05. The molecule has 0 N–H and O–H groups in total. The average molecular weight is 188 g/mol. The van der Waals surface area contributed by atoms with Gasteiger partial charge in [-0.2, -0.15) is 0 Å². The van der Waals surface area contributed by atoms with Crippen LogP contribution < -0.4 is 0 Å². The van der Waals surface area contributed by atoms with Crippen molar-refractivity contribution in [3.8, 4) is 0 Å². The van der Waals surface area contributed by atoms with Crippen LogP contribution in [0.2, 0.25) is 0 Å². The van der Waals surface area contributed by atoms with Crippen LogP contribution in [-0.4, -0.2) is 0 Å². The zero-order valence-corrected chi connectivity index (χ0v) is 10.9. The van der Waals surface area contributed by atoms with Gasteiger partial charge in [-0.3, -0.25) is 0 Å². The normalized spacial score (nSPS) is 13.4. The lowest BCUT2D eigenvalue weighted by atomic mass is 10.0. The van der Waals surface area contributed by atoms with Crippen LogP contribution >= 0.6 is 0 Å². The molecular weight excluding hydrogens is 156 g/mol. The average Bonchev–Trinajstić information content (AvgIpc) is 2.27. The predicted octanol–water partition coefficient (Wildman–Crippen LogP) is 5.81. The van der Waals surface area contributed by atoms with Crippen LogP contribution in [0.5, 0.6) is 0 Å². The van der Waals surface area contributed by atoms with Crippen molar-refractivity contribution in [3.63, 3.8) is 0 Å². The van der Waals surface area contributed by atoms with Crippen molar-refractivity contribution in [2.75, 3.05) is 0 Å². The van der Waals surface area contributed by atoms with Gasteiger partial charge in [0.25, 0.3) is 0 Å². The minimum Gasteiger partial charge on any atom is -0.0683 e. The van der Waals surface area contributed by atoms with Gasteiger partial charge in [0.1, 0.15) is 0 Å². The molecule has 0 atom stereocenters. The molecule has 0 aromatic heterocycles. The van der Waals surface area contributed by atoms with E-state index in [-0.39, 0.29) is 0 Å². The van der Waals surface area contributed by atoms with Crippen molar-refractivity contribution in [2.24, 2.45) is 0 Å². The van der Waals surface area contributed by atoms with E-state index >= 15 is 0 Å². The Morgan fingerprint density at radius 1 is 0.538 bits per heavy atom. The zero-order chi connectivity index (χ0) is 10.9. The molecule has 0 amide bonds. The van der Waals surface area contributed by atoms with Crippen LogP contribution in [0.1, 0.15) is 86.5 Å². The molecule has 0 aromatic carbocycles. The second-order valence-corrected chi connectivity index (χ2v) is 2.83. The highest BCUT2D eigenvalue weighted by Crippen LogP contribution is 2.15. The van der Waals surface area contributed by atoms with Gasteiger partial charge in [-0.25, -0.2) is 0 Å². The van der Waals surface area contributed by atoms with Crippen LogP contribution in [0.3, 0.4) is 0 Å². The minimum absolute atomic E-state index is 1.25. The third-order valence-electron chi connectivity index (χ3n) is 1.50. The molecule has 84 valence electrons. The summed E-state index contributed by atoms with van der Waals surface area (Å²) in [5.41, 5.74) is 0. The van der Waals surface area contributed by atoms with Gasteiger partial charge in [0, 0.05) is 0 Å². The van der Waals surface area contributed by atoms with E-state index in [1.165, 1.54) is 44.9 Å². The summed E-state index contributed by atoms with van der Waals surface area (Å²) in [4.78, 5) is 0. The van der Waals surface area contributed by atoms with Gasteiger partial charge >= 0.3 is 0 Å². The fraction of sp³-hybridized carbons (Fsp3) is 1.00. The number of hydrogen-bond acceptors (Lipinski definition) is 0. The summed E-state index contributed by atoms with van der Waals surface area (Å²) in [7, 11) is 0. The monoisotopic (exact) mass is 188 g/mol. The summed E-state index contributed by atoms with van der Waals surface area (Å²) in [6.45, 7) is 12.2. The Kier molecular flexibility index (Phi) is 42.7. The van der Waals surface area contributed by atoms with E-state index in [4.69, 9.17) is 0 Å². The van der Waals surface area contributed by atoms with Crippen molar-refractivity contribution in [1.29, 1.82) is 0 Å². The predicted molar refractivity (Wildman–Crippen MR) is 66.4 cm³/mol. The van der Waals surface area contributed by atoms with E-state index in [2.05, 4.69) is 13.8 Å². The maximum Gasteiger partial charge on any atom is -0.0533 e. The van der Waals surface area contributed by atoms with Gasteiger partial charge in [-0.15, -0.1) is 0 Å². The molecule has 1 rings (SSSR count). The zero-order valence-electron chi connectivity index (χ0n) is 10.9. The summed E-state index contributed by atoms with van der Waals surface area (Å²) < 4.78 is 0. The highest BCUT2D eigenvalue weighted by atomic mass is 14.0. The van der Waals surface area contributed by atoms with E-state index in [0.29, 0.717) is 0 Å².